The highest BCUT2D eigenvalue weighted by atomic mass is 35.5. The van der Waals surface area contributed by atoms with Crippen molar-refractivity contribution >= 4 is 39.9 Å². The Kier molecular flexibility index (Phi) is 7.63. The molecule has 0 spiro atoms. The molecule has 0 atom stereocenters. The van der Waals surface area contributed by atoms with Crippen molar-refractivity contribution in [3.63, 3.8) is 0 Å². The summed E-state index contributed by atoms with van der Waals surface area (Å²) < 4.78 is 16.6. The maximum Gasteiger partial charge on any atom is 0.339 e. The van der Waals surface area contributed by atoms with E-state index in [1.54, 1.807) is 30.3 Å². The first-order chi connectivity index (χ1) is 18.5. The number of fused-ring (bicyclic) bond motifs is 1. The Morgan fingerprint density at radius 2 is 1.74 bits per heavy atom. The van der Waals surface area contributed by atoms with Gasteiger partial charge in [0.05, 0.1) is 34.0 Å². The molecule has 0 bridgehead atoms. The topological polar surface area (TPSA) is 74.5 Å². The first-order valence-corrected chi connectivity index (χ1v) is 12.9. The lowest BCUT2D eigenvalue weighted by molar-refractivity contribution is 0.0600. The van der Waals surface area contributed by atoms with E-state index in [0.717, 1.165) is 46.2 Å². The van der Waals surface area contributed by atoms with Crippen LogP contribution in [0.25, 0.3) is 33.3 Å². The van der Waals surface area contributed by atoms with Crippen LogP contribution in [0.2, 0.25) is 10.0 Å². The van der Waals surface area contributed by atoms with Gasteiger partial charge in [-0.05, 0) is 59.7 Å². The minimum Gasteiger partial charge on any atom is -0.489 e. The Balaban J connectivity index is 1.39. The number of aryl methyl sites for hydroxylation is 1. The van der Waals surface area contributed by atoms with E-state index in [4.69, 9.17) is 37.2 Å². The Morgan fingerprint density at radius 1 is 0.974 bits per heavy atom. The fourth-order valence-electron chi connectivity index (χ4n) is 4.27. The highest BCUT2D eigenvalue weighted by molar-refractivity contribution is 6.39. The molecule has 5 rings (SSSR count). The molecule has 192 valence electrons. The number of rotatable bonds is 8. The molecule has 0 unspecified atom stereocenters. The maximum absolute atomic E-state index is 11.7. The Morgan fingerprint density at radius 3 is 2.45 bits per heavy atom. The summed E-state index contributed by atoms with van der Waals surface area (Å²) in [7, 11) is 1.35. The van der Waals surface area contributed by atoms with Crippen molar-refractivity contribution in [1.82, 2.24) is 10.1 Å². The highest BCUT2D eigenvalue weighted by Crippen LogP contribution is 2.38. The van der Waals surface area contributed by atoms with Crippen molar-refractivity contribution in [3.05, 3.63) is 99.9 Å². The van der Waals surface area contributed by atoms with Crippen LogP contribution in [-0.2, 0) is 17.8 Å². The van der Waals surface area contributed by atoms with Crippen LogP contribution in [0.1, 0.15) is 35.0 Å². The average molecular weight is 547 g/mol. The normalized spacial score (nSPS) is 11.1. The number of ether oxygens (including phenoxy) is 2. The van der Waals surface area contributed by atoms with Gasteiger partial charge < -0.3 is 14.0 Å². The van der Waals surface area contributed by atoms with Crippen LogP contribution in [-0.4, -0.2) is 23.2 Å². The summed E-state index contributed by atoms with van der Waals surface area (Å²) in [5.41, 5.74) is 4.19. The van der Waals surface area contributed by atoms with Crippen molar-refractivity contribution in [1.29, 1.82) is 0 Å². The number of nitrogens with zero attached hydrogens (tertiary/aromatic N) is 2. The first kappa shape index (κ1) is 25.8. The van der Waals surface area contributed by atoms with Crippen LogP contribution in [0, 0.1) is 0 Å². The first-order valence-electron chi connectivity index (χ1n) is 12.1. The lowest BCUT2D eigenvalue weighted by atomic mass is 10.0. The van der Waals surface area contributed by atoms with Crippen LogP contribution in [0.3, 0.4) is 0 Å². The van der Waals surface area contributed by atoms with Gasteiger partial charge in [-0.15, -0.1) is 0 Å². The summed E-state index contributed by atoms with van der Waals surface area (Å²) in [6, 6.07) is 20.8. The van der Waals surface area contributed by atoms with Crippen molar-refractivity contribution in [3.8, 4) is 28.3 Å². The molecule has 38 heavy (non-hydrogen) atoms. The second-order valence-electron chi connectivity index (χ2n) is 8.72. The van der Waals surface area contributed by atoms with Crippen molar-refractivity contribution in [2.45, 2.75) is 26.4 Å². The second kappa shape index (κ2) is 11.3. The Labute approximate surface area is 230 Å². The standard InChI is InChI=1S/C30H24Cl2N2O4/c1-3-5-27-23(29(34-38-27)28-24(31)6-4-7-25(28)32)17-37-22-12-10-18-14-20(9-8-19(18)15-22)26-13-11-21(16-33-26)30(35)36-2/h4,6-16H,3,5,17H2,1-2H3. The van der Waals surface area contributed by atoms with Crippen LogP contribution in [0.5, 0.6) is 5.75 Å². The zero-order chi connectivity index (χ0) is 26.6. The van der Waals surface area contributed by atoms with E-state index in [1.165, 1.54) is 13.3 Å². The lowest BCUT2D eigenvalue weighted by Gasteiger charge is -2.11. The molecule has 0 saturated heterocycles. The maximum atomic E-state index is 11.7. The molecule has 0 radical (unpaired) electrons. The Hall–Kier alpha value is -3.87. The predicted molar refractivity (Wildman–Crippen MR) is 149 cm³/mol. The van der Waals surface area contributed by atoms with Crippen LogP contribution < -0.4 is 4.74 Å². The van der Waals surface area contributed by atoms with Crippen molar-refractivity contribution in [2.75, 3.05) is 7.11 Å². The summed E-state index contributed by atoms with van der Waals surface area (Å²) in [5, 5.41) is 7.36. The number of benzene rings is 3. The largest absolute Gasteiger partial charge is 0.489 e. The molecule has 6 nitrogen and oxygen atoms in total. The van der Waals surface area contributed by atoms with Gasteiger partial charge in [-0.1, -0.05) is 59.5 Å². The monoisotopic (exact) mass is 546 g/mol. The van der Waals surface area contributed by atoms with Gasteiger partial charge in [0.15, 0.2) is 0 Å². The van der Waals surface area contributed by atoms with E-state index in [2.05, 4.69) is 23.1 Å². The van der Waals surface area contributed by atoms with Crippen LogP contribution in [0.4, 0.5) is 0 Å². The van der Waals surface area contributed by atoms with Gasteiger partial charge in [-0.25, -0.2) is 4.79 Å². The average Bonchev–Trinajstić information content (AvgIpc) is 3.33. The zero-order valence-electron chi connectivity index (χ0n) is 20.8. The minimum atomic E-state index is -0.412. The van der Waals surface area contributed by atoms with E-state index in [9.17, 15) is 4.79 Å². The molecule has 0 saturated carbocycles. The minimum absolute atomic E-state index is 0.260. The zero-order valence-corrected chi connectivity index (χ0v) is 22.3. The van der Waals surface area contributed by atoms with Crippen molar-refractivity contribution < 1.29 is 18.8 Å². The summed E-state index contributed by atoms with van der Waals surface area (Å²) in [5.74, 6) is 1.06. The van der Waals surface area contributed by atoms with E-state index in [-0.39, 0.29) is 6.61 Å². The van der Waals surface area contributed by atoms with Crippen LogP contribution >= 0.6 is 23.2 Å². The third-order valence-electron chi connectivity index (χ3n) is 6.22. The lowest BCUT2D eigenvalue weighted by Crippen LogP contribution is -2.01. The molecule has 2 aromatic heterocycles. The molecule has 0 aliphatic rings. The van der Waals surface area contributed by atoms with E-state index >= 15 is 0 Å². The van der Waals surface area contributed by atoms with E-state index in [1.807, 2.05) is 30.3 Å². The number of pyridine rings is 1. The van der Waals surface area contributed by atoms with Gasteiger partial charge in [0.2, 0.25) is 0 Å². The van der Waals surface area contributed by atoms with Crippen molar-refractivity contribution in [2.24, 2.45) is 0 Å². The SMILES string of the molecule is CCCc1onc(-c2c(Cl)cccc2Cl)c1COc1ccc2cc(-c3ccc(C(=O)OC)cn3)ccc2c1. The third-order valence-corrected chi connectivity index (χ3v) is 6.85. The summed E-state index contributed by atoms with van der Waals surface area (Å²) in [6.45, 7) is 2.34. The molecule has 0 N–H and O–H groups in total. The van der Waals surface area contributed by atoms with Gasteiger partial charge in [0, 0.05) is 23.7 Å². The summed E-state index contributed by atoms with van der Waals surface area (Å²) in [4.78, 5) is 16.1. The Bertz CT molecular complexity index is 1590. The molecule has 2 heterocycles. The van der Waals surface area contributed by atoms with Gasteiger partial charge in [0.25, 0.3) is 0 Å². The molecule has 3 aromatic carbocycles. The molecule has 0 fully saturated rings. The fraction of sp³-hybridized carbons (Fsp3) is 0.167. The number of hydrogen-bond donors (Lipinski definition) is 0. The number of hydrogen-bond acceptors (Lipinski definition) is 6. The van der Waals surface area contributed by atoms with Gasteiger partial charge in [-0.2, -0.15) is 0 Å². The molecule has 0 aliphatic heterocycles. The highest BCUT2D eigenvalue weighted by Gasteiger charge is 2.22. The number of esters is 1. The summed E-state index contributed by atoms with van der Waals surface area (Å²) in [6.07, 6.45) is 3.14. The number of methoxy groups -OCH3 is 1. The molecule has 0 aliphatic carbocycles. The number of halogens is 2. The molecular formula is C30H24Cl2N2O4. The molecule has 8 heteroatoms. The molecule has 5 aromatic rings. The van der Waals surface area contributed by atoms with Gasteiger partial charge >= 0.3 is 5.97 Å². The number of carbonyl (C=O) groups excluding carboxylic acids is 1. The molecule has 0 amide bonds. The predicted octanol–water partition coefficient (Wildman–Crippen LogP) is 8.18. The van der Waals surface area contributed by atoms with E-state index in [0.29, 0.717) is 32.6 Å². The van der Waals surface area contributed by atoms with Gasteiger partial charge in [0.1, 0.15) is 23.8 Å². The van der Waals surface area contributed by atoms with Crippen LogP contribution in [0.15, 0.2) is 77.4 Å². The number of carbonyl (C=O) groups is 1. The van der Waals surface area contributed by atoms with Gasteiger partial charge in [-0.3, -0.25) is 4.98 Å². The number of aromatic nitrogens is 2. The fourth-order valence-corrected chi connectivity index (χ4v) is 4.84. The smallest absolute Gasteiger partial charge is 0.339 e. The second-order valence-corrected chi connectivity index (χ2v) is 9.53. The summed E-state index contributed by atoms with van der Waals surface area (Å²) >= 11 is 12.9. The third kappa shape index (κ3) is 5.23. The molecular weight excluding hydrogens is 523 g/mol. The van der Waals surface area contributed by atoms with E-state index < -0.39 is 5.97 Å². The quantitative estimate of drug-likeness (QED) is 0.182.